The number of nitrogens with zero attached hydrogens (tertiary/aromatic N) is 3. The Kier molecular flexibility index (Phi) is 4.47. The van der Waals surface area contributed by atoms with Gasteiger partial charge in [0.1, 0.15) is 6.10 Å². The molecule has 0 saturated heterocycles. The highest BCUT2D eigenvalue weighted by Gasteiger charge is 2.21. The van der Waals surface area contributed by atoms with Crippen molar-refractivity contribution in [1.82, 2.24) is 14.7 Å². The summed E-state index contributed by atoms with van der Waals surface area (Å²) in [5.74, 6) is 0. The van der Waals surface area contributed by atoms with Crippen molar-refractivity contribution in [3.8, 4) is 0 Å². The summed E-state index contributed by atoms with van der Waals surface area (Å²) in [4.78, 5) is 2.44. The lowest BCUT2D eigenvalue weighted by atomic mass is 10.1. The van der Waals surface area contributed by atoms with Gasteiger partial charge in [0, 0.05) is 26.1 Å². The first kappa shape index (κ1) is 15.6. The van der Waals surface area contributed by atoms with E-state index in [1.54, 1.807) is 11.3 Å². The van der Waals surface area contributed by atoms with Crippen molar-refractivity contribution in [3.05, 3.63) is 75.7 Å². The lowest BCUT2D eigenvalue weighted by Gasteiger charge is -2.27. The maximum absolute atomic E-state index is 10.5. The summed E-state index contributed by atoms with van der Waals surface area (Å²) in [6.07, 6.45) is 0.0615. The SMILES string of the molecule is O[C@@H](Cc1ccccc1)c1cc2n(n1)CCN(Cc1ccsc1)C2. The van der Waals surface area contributed by atoms with Gasteiger partial charge in [-0.05, 0) is 34.0 Å². The minimum absolute atomic E-state index is 0.546. The summed E-state index contributed by atoms with van der Waals surface area (Å²) in [6, 6.07) is 14.3. The molecule has 0 amide bonds. The smallest absolute Gasteiger partial charge is 0.102 e. The van der Waals surface area contributed by atoms with Crippen LogP contribution in [0.1, 0.15) is 28.6 Å². The molecule has 4 nitrogen and oxygen atoms in total. The number of aromatic nitrogens is 2. The fourth-order valence-corrected chi connectivity index (χ4v) is 3.88. The van der Waals surface area contributed by atoms with Gasteiger partial charge in [-0.1, -0.05) is 30.3 Å². The van der Waals surface area contributed by atoms with Crippen LogP contribution in [0, 0.1) is 0 Å². The Balaban J connectivity index is 1.44. The Labute approximate surface area is 146 Å². The quantitative estimate of drug-likeness (QED) is 0.776. The van der Waals surface area contributed by atoms with E-state index < -0.39 is 6.10 Å². The zero-order valence-corrected chi connectivity index (χ0v) is 14.3. The molecule has 1 aliphatic rings. The van der Waals surface area contributed by atoms with E-state index in [1.807, 2.05) is 35.0 Å². The van der Waals surface area contributed by atoms with Crippen LogP contribution in [0.2, 0.25) is 0 Å². The molecule has 0 bridgehead atoms. The van der Waals surface area contributed by atoms with E-state index in [1.165, 1.54) is 11.3 Å². The average Bonchev–Trinajstić information content (AvgIpc) is 3.25. The Morgan fingerprint density at radius 2 is 2.00 bits per heavy atom. The first-order valence-electron chi connectivity index (χ1n) is 8.30. The van der Waals surface area contributed by atoms with Gasteiger partial charge in [0.2, 0.25) is 0 Å². The van der Waals surface area contributed by atoms with Crippen molar-refractivity contribution < 1.29 is 5.11 Å². The predicted octanol–water partition coefficient (Wildman–Crippen LogP) is 3.24. The van der Waals surface area contributed by atoms with Crippen LogP contribution in [0.3, 0.4) is 0 Å². The van der Waals surface area contributed by atoms with E-state index in [9.17, 15) is 5.11 Å². The van der Waals surface area contributed by atoms with Crippen molar-refractivity contribution >= 4 is 11.3 Å². The number of benzene rings is 1. The van der Waals surface area contributed by atoms with E-state index in [-0.39, 0.29) is 0 Å². The van der Waals surface area contributed by atoms with Crippen LogP contribution in [-0.2, 0) is 26.1 Å². The van der Waals surface area contributed by atoms with Crippen LogP contribution in [0.5, 0.6) is 0 Å². The molecular weight excluding hydrogens is 318 g/mol. The number of hydrogen-bond acceptors (Lipinski definition) is 4. The molecule has 1 aliphatic heterocycles. The number of rotatable bonds is 5. The first-order chi connectivity index (χ1) is 11.8. The van der Waals surface area contributed by atoms with Gasteiger partial charge in [-0.25, -0.2) is 0 Å². The van der Waals surface area contributed by atoms with E-state index in [0.29, 0.717) is 6.42 Å². The van der Waals surface area contributed by atoms with Crippen molar-refractivity contribution in [2.45, 2.75) is 32.2 Å². The summed E-state index contributed by atoms with van der Waals surface area (Å²) >= 11 is 1.75. The van der Waals surface area contributed by atoms with E-state index >= 15 is 0 Å². The van der Waals surface area contributed by atoms with E-state index in [0.717, 1.165) is 37.4 Å². The van der Waals surface area contributed by atoms with Crippen molar-refractivity contribution in [3.63, 3.8) is 0 Å². The number of thiophene rings is 1. The van der Waals surface area contributed by atoms with Gasteiger partial charge in [-0.2, -0.15) is 16.4 Å². The molecule has 124 valence electrons. The van der Waals surface area contributed by atoms with Gasteiger partial charge >= 0.3 is 0 Å². The Morgan fingerprint density at radius 1 is 1.12 bits per heavy atom. The highest BCUT2D eigenvalue weighted by atomic mass is 32.1. The number of fused-ring (bicyclic) bond motifs is 1. The monoisotopic (exact) mass is 339 g/mol. The van der Waals surface area contributed by atoms with Gasteiger partial charge in [0.15, 0.2) is 0 Å². The van der Waals surface area contributed by atoms with Crippen molar-refractivity contribution in [2.24, 2.45) is 0 Å². The molecule has 0 aliphatic carbocycles. The van der Waals surface area contributed by atoms with Crippen molar-refractivity contribution in [2.75, 3.05) is 6.54 Å². The molecule has 1 atom stereocenters. The molecule has 3 heterocycles. The number of hydrogen-bond donors (Lipinski definition) is 1. The van der Waals surface area contributed by atoms with Crippen LogP contribution in [0.25, 0.3) is 0 Å². The fourth-order valence-electron chi connectivity index (χ4n) is 3.22. The topological polar surface area (TPSA) is 41.3 Å². The highest BCUT2D eigenvalue weighted by Crippen LogP contribution is 2.22. The van der Waals surface area contributed by atoms with Crippen LogP contribution < -0.4 is 0 Å². The molecular formula is C19H21N3OS. The predicted molar refractivity (Wildman–Crippen MR) is 95.8 cm³/mol. The lowest BCUT2D eigenvalue weighted by Crippen LogP contribution is -2.33. The van der Waals surface area contributed by atoms with Gasteiger partial charge in [0.25, 0.3) is 0 Å². The van der Waals surface area contributed by atoms with Gasteiger partial charge in [-0.15, -0.1) is 0 Å². The maximum Gasteiger partial charge on any atom is 0.102 e. The Morgan fingerprint density at radius 3 is 2.79 bits per heavy atom. The third-order valence-electron chi connectivity index (χ3n) is 4.50. The van der Waals surface area contributed by atoms with Gasteiger partial charge in [-0.3, -0.25) is 9.58 Å². The lowest BCUT2D eigenvalue weighted by molar-refractivity contribution is 0.171. The first-order valence-corrected chi connectivity index (χ1v) is 9.24. The second-order valence-corrected chi connectivity index (χ2v) is 7.11. The van der Waals surface area contributed by atoms with Crippen LogP contribution >= 0.6 is 11.3 Å². The minimum Gasteiger partial charge on any atom is -0.386 e. The molecule has 0 fully saturated rings. The van der Waals surface area contributed by atoms with Crippen LogP contribution in [-0.4, -0.2) is 26.3 Å². The van der Waals surface area contributed by atoms with Gasteiger partial charge < -0.3 is 5.11 Å². The third kappa shape index (κ3) is 3.43. The molecule has 0 radical (unpaired) electrons. The summed E-state index contributed by atoms with van der Waals surface area (Å²) < 4.78 is 2.05. The molecule has 5 heteroatoms. The van der Waals surface area contributed by atoms with E-state index in [4.69, 9.17) is 0 Å². The molecule has 2 aromatic heterocycles. The summed E-state index contributed by atoms with van der Waals surface area (Å²) in [5, 5.41) is 19.5. The molecule has 3 aromatic rings. The normalized spacial score (nSPS) is 16.0. The second-order valence-electron chi connectivity index (χ2n) is 6.33. The molecule has 0 unspecified atom stereocenters. The minimum atomic E-state index is -0.546. The fraction of sp³-hybridized carbons (Fsp3) is 0.316. The van der Waals surface area contributed by atoms with Crippen LogP contribution in [0.4, 0.5) is 0 Å². The second kappa shape index (κ2) is 6.89. The largest absolute Gasteiger partial charge is 0.386 e. The number of aliphatic hydroxyl groups is 1. The Bertz CT molecular complexity index is 782. The van der Waals surface area contributed by atoms with E-state index in [2.05, 4.69) is 32.9 Å². The average molecular weight is 339 g/mol. The zero-order chi connectivity index (χ0) is 16.4. The molecule has 0 spiro atoms. The molecule has 0 saturated carbocycles. The molecule has 4 rings (SSSR count). The summed E-state index contributed by atoms with van der Waals surface area (Å²) in [6.45, 7) is 3.76. The molecule has 1 N–H and O–H groups in total. The van der Waals surface area contributed by atoms with Crippen molar-refractivity contribution in [1.29, 1.82) is 0 Å². The third-order valence-corrected chi connectivity index (χ3v) is 5.23. The zero-order valence-electron chi connectivity index (χ0n) is 13.5. The highest BCUT2D eigenvalue weighted by molar-refractivity contribution is 7.07. The Hall–Kier alpha value is -1.95. The molecule has 1 aromatic carbocycles. The standard InChI is InChI=1S/C19H21N3OS/c23-19(10-15-4-2-1-3-5-15)18-11-17-13-21(7-8-22(17)20-18)12-16-6-9-24-14-16/h1-6,9,11,14,19,23H,7-8,10,12-13H2/t19-/m0/s1. The summed E-state index contributed by atoms with van der Waals surface area (Å²) in [5.41, 5.74) is 4.48. The van der Waals surface area contributed by atoms with Gasteiger partial charge in [0.05, 0.1) is 17.9 Å². The number of aliphatic hydroxyl groups excluding tert-OH is 1. The summed E-state index contributed by atoms with van der Waals surface area (Å²) in [7, 11) is 0. The molecule has 24 heavy (non-hydrogen) atoms. The maximum atomic E-state index is 10.5. The van der Waals surface area contributed by atoms with Crippen LogP contribution in [0.15, 0.2) is 53.2 Å².